The summed E-state index contributed by atoms with van der Waals surface area (Å²) in [4.78, 5) is 36.1. The van der Waals surface area contributed by atoms with Gasteiger partial charge >= 0.3 is 11.9 Å². The zero-order valence-corrected chi connectivity index (χ0v) is 14.1. The molecule has 0 amide bonds. The van der Waals surface area contributed by atoms with Crippen LogP contribution >= 0.6 is 11.6 Å². The van der Waals surface area contributed by atoms with Crippen LogP contribution in [-0.2, 0) is 23.9 Å². The van der Waals surface area contributed by atoms with Crippen molar-refractivity contribution in [1.82, 2.24) is 0 Å². The lowest BCUT2D eigenvalue weighted by Gasteiger charge is -2.29. The van der Waals surface area contributed by atoms with Crippen LogP contribution in [0.1, 0.15) is 27.2 Å². The van der Waals surface area contributed by atoms with E-state index in [1.807, 2.05) is 13.8 Å². The van der Waals surface area contributed by atoms with Crippen molar-refractivity contribution in [3.63, 3.8) is 0 Å². The number of ether oxygens (including phenoxy) is 2. The quantitative estimate of drug-likeness (QED) is 0.570. The average Bonchev–Trinajstić information content (AvgIpc) is 2.89. The fraction of sp³-hybridized carbons (Fsp3) is 0.588. The van der Waals surface area contributed by atoms with Crippen molar-refractivity contribution in [3.05, 3.63) is 22.8 Å². The lowest BCUT2D eigenvalue weighted by Crippen LogP contribution is -2.38. The van der Waals surface area contributed by atoms with Gasteiger partial charge in [-0.15, -0.1) is 11.6 Å². The molecule has 3 rings (SSSR count). The largest absolute Gasteiger partial charge is 0.461 e. The van der Waals surface area contributed by atoms with E-state index in [1.54, 1.807) is 13.0 Å². The first kappa shape index (κ1) is 16.2. The zero-order valence-electron chi connectivity index (χ0n) is 13.3. The molecular formula is C17H19ClO5. The Balaban J connectivity index is 2.05. The molecule has 0 spiro atoms. The summed E-state index contributed by atoms with van der Waals surface area (Å²) in [6, 6.07) is 0. The second-order valence-corrected chi connectivity index (χ2v) is 6.83. The number of esters is 2. The van der Waals surface area contributed by atoms with Gasteiger partial charge in [0.2, 0.25) is 0 Å². The van der Waals surface area contributed by atoms with Crippen molar-refractivity contribution in [2.75, 3.05) is 5.88 Å². The maximum atomic E-state index is 12.3. The minimum absolute atomic E-state index is 0.0383. The van der Waals surface area contributed by atoms with Crippen molar-refractivity contribution >= 4 is 29.3 Å². The van der Waals surface area contributed by atoms with Gasteiger partial charge in [-0.05, 0) is 19.9 Å². The molecule has 0 N–H and O–H groups in total. The maximum absolute atomic E-state index is 12.3. The predicted octanol–water partition coefficient (Wildman–Crippen LogP) is 2.18. The van der Waals surface area contributed by atoms with Crippen LogP contribution in [0.3, 0.4) is 0 Å². The van der Waals surface area contributed by atoms with Gasteiger partial charge in [-0.2, -0.15) is 0 Å². The summed E-state index contributed by atoms with van der Waals surface area (Å²) in [6.07, 6.45) is 1.05. The van der Waals surface area contributed by atoms with E-state index in [0.29, 0.717) is 12.0 Å². The summed E-state index contributed by atoms with van der Waals surface area (Å²) in [6.45, 7) is 5.54. The second-order valence-electron chi connectivity index (χ2n) is 6.56. The molecule has 2 aliphatic carbocycles. The number of hydrogen-bond donors (Lipinski definition) is 0. The smallest absolute Gasteiger partial charge is 0.321 e. The number of alkyl halides is 1. The Hall–Kier alpha value is -1.62. The number of carbonyl (C=O) groups excluding carboxylic acids is 3. The van der Waals surface area contributed by atoms with Crippen LogP contribution in [0.5, 0.6) is 0 Å². The standard InChI is InChI=1S/C17H19ClO5/c1-7-4-10(19)13-8(2)5-11(22-12(20)6-18)15-9(3)17(21)23-16(15)14(7)13/h4,9,11,14-16H,5-6H2,1-3H3/t9-,11-,14?,15?,16+/m0/s1. The molecule has 124 valence electrons. The summed E-state index contributed by atoms with van der Waals surface area (Å²) in [5, 5.41) is 0. The molecule has 5 atom stereocenters. The summed E-state index contributed by atoms with van der Waals surface area (Å²) in [5.74, 6) is -2.01. The van der Waals surface area contributed by atoms with Crippen LogP contribution in [0.4, 0.5) is 0 Å². The van der Waals surface area contributed by atoms with Crippen molar-refractivity contribution in [3.8, 4) is 0 Å². The van der Waals surface area contributed by atoms with E-state index in [0.717, 1.165) is 11.1 Å². The van der Waals surface area contributed by atoms with Crippen LogP contribution in [0.25, 0.3) is 0 Å². The van der Waals surface area contributed by atoms with Gasteiger partial charge in [0.1, 0.15) is 18.1 Å². The number of allylic oxidation sites excluding steroid dienone is 1. The Bertz CT molecular complexity index is 647. The first-order chi connectivity index (χ1) is 10.8. The Morgan fingerprint density at radius 3 is 2.74 bits per heavy atom. The van der Waals surface area contributed by atoms with Crippen LogP contribution < -0.4 is 0 Å². The van der Waals surface area contributed by atoms with E-state index in [1.165, 1.54) is 0 Å². The normalized spacial score (nSPS) is 36.2. The molecule has 3 aliphatic rings. The molecule has 0 aromatic heterocycles. The topological polar surface area (TPSA) is 69.7 Å². The molecule has 0 aromatic carbocycles. The number of halogens is 1. The molecule has 0 aromatic rings. The zero-order chi connectivity index (χ0) is 16.9. The van der Waals surface area contributed by atoms with Crippen molar-refractivity contribution in [2.45, 2.75) is 39.4 Å². The lowest BCUT2D eigenvalue weighted by atomic mass is 9.79. The van der Waals surface area contributed by atoms with Gasteiger partial charge in [-0.1, -0.05) is 18.1 Å². The van der Waals surface area contributed by atoms with Gasteiger partial charge in [-0.25, -0.2) is 0 Å². The molecule has 1 aliphatic heterocycles. The molecule has 6 heteroatoms. The van der Waals surface area contributed by atoms with Crippen LogP contribution in [0.15, 0.2) is 22.8 Å². The Labute approximate surface area is 139 Å². The number of rotatable bonds is 2. The minimum Gasteiger partial charge on any atom is -0.461 e. The summed E-state index contributed by atoms with van der Waals surface area (Å²) in [7, 11) is 0. The number of fused-ring (bicyclic) bond motifs is 3. The van der Waals surface area contributed by atoms with Gasteiger partial charge in [0.25, 0.3) is 0 Å². The average molecular weight is 339 g/mol. The minimum atomic E-state index is -0.523. The molecule has 1 saturated heterocycles. The van der Waals surface area contributed by atoms with Gasteiger partial charge < -0.3 is 9.47 Å². The number of hydrogen-bond acceptors (Lipinski definition) is 5. The van der Waals surface area contributed by atoms with E-state index < -0.39 is 18.2 Å². The van der Waals surface area contributed by atoms with Gasteiger partial charge in [0, 0.05) is 23.8 Å². The summed E-state index contributed by atoms with van der Waals surface area (Å²) in [5.41, 5.74) is 2.47. The Kier molecular flexibility index (Phi) is 4.08. The molecule has 0 radical (unpaired) electrons. The molecule has 1 fully saturated rings. The highest BCUT2D eigenvalue weighted by Crippen LogP contribution is 2.48. The van der Waals surface area contributed by atoms with Crippen LogP contribution in [-0.4, -0.2) is 35.8 Å². The molecule has 0 bridgehead atoms. The Morgan fingerprint density at radius 1 is 1.39 bits per heavy atom. The third kappa shape index (κ3) is 2.51. The van der Waals surface area contributed by atoms with E-state index >= 15 is 0 Å². The van der Waals surface area contributed by atoms with Crippen molar-refractivity contribution in [1.29, 1.82) is 0 Å². The van der Waals surface area contributed by atoms with Crippen LogP contribution in [0, 0.1) is 17.8 Å². The van der Waals surface area contributed by atoms with Crippen molar-refractivity contribution in [2.24, 2.45) is 17.8 Å². The molecule has 0 saturated carbocycles. The van der Waals surface area contributed by atoms with Gasteiger partial charge in [-0.3, -0.25) is 14.4 Å². The number of carbonyl (C=O) groups is 3. The summed E-state index contributed by atoms with van der Waals surface area (Å²) < 4.78 is 11.1. The monoisotopic (exact) mass is 338 g/mol. The highest BCUT2D eigenvalue weighted by molar-refractivity contribution is 6.26. The molecule has 5 nitrogen and oxygen atoms in total. The van der Waals surface area contributed by atoms with Gasteiger partial charge in [0.05, 0.1) is 5.92 Å². The lowest BCUT2D eigenvalue weighted by molar-refractivity contribution is -0.150. The highest BCUT2D eigenvalue weighted by Gasteiger charge is 2.55. The SMILES string of the molecule is CC1=CC(=O)C2=C(C)C[C@H](OC(=O)CCl)C3[C@H](OC(=O)[C@H]3C)C12. The van der Waals surface area contributed by atoms with E-state index in [9.17, 15) is 14.4 Å². The fourth-order valence-corrected chi connectivity index (χ4v) is 4.17. The van der Waals surface area contributed by atoms with E-state index in [4.69, 9.17) is 21.1 Å². The third-order valence-corrected chi connectivity index (χ3v) is 5.34. The van der Waals surface area contributed by atoms with E-state index in [2.05, 4.69) is 0 Å². The maximum Gasteiger partial charge on any atom is 0.321 e. The van der Waals surface area contributed by atoms with Crippen LogP contribution in [0.2, 0.25) is 0 Å². The van der Waals surface area contributed by atoms with E-state index in [-0.39, 0.29) is 35.4 Å². The fourth-order valence-electron chi connectivity index (χ4n) is 4.11. The highest BCUT2D eigenvalue weighted by atomic mass is 35.5. The molecule has 1 heterocycles. The second kappa shape index (κ2) is 5.78. The molecular weight excluding hydrogens is 320 g/mol. The third-order valence-electron chi connectivity index (χ3n) is 5.12. The van der Waals surface area contributed by atoms with Gasteiger partial charge in [0.15, 0.2) is 5.78 Å². The predicted molar refractivity (Wildman–Crippen MR) is 82.7 cm³/mol. The number of ketones is 1. The molecule has 2 unspecified atom stereocenters. The Morgan fingerprint density at radius 2 is 2.09 bits per heavy atom. The summed E-state index contributed by atoms with van der Waals surface area (Å²) >= 11 is 5.55. The first-order valence-electron chi connectivity index (χ1n) is 7.73. The van der Waals surface area contributed by atoms with Crippen molar-refractivity contribution < 1.29 is 23.9 Å². The first-order valence-corrected chi connectivity index (χ1v) is 8.26. The molecule has 23 heavy (non-hydrogen) atoms.